The van der Waals surface area contributed by atoms with E-state index in [1.165, 1.54) is 32.3 Å². The van der Waals surface area contributed by atoms with Crippen LogP contribution in [0.15, 0.2) is 46.1 Å². The van der Waals surface area contributed by atoms with Gasteiger partial charge < -0.3 is 30.3 Å². The van der Waals surface area contributed by atoms with Crippen molar-refractivity contribution in [2.45, 2.75) is 45.7 Å². The lowest BCUT2D eigenvalue weighted by Gasteiger charge is -2.18. The molecular weight excluding hydrogens is 500 g/mol. The lowest BCUT2D eigenvalue weighted by molar-refractivity contribution is -0.137. The van der Waals surface area contributed by atoms with E-state index in [-0.39, 0.29) is 30.2 Å². The van der Waals surface area contributed by atoms with Crippen molar-refractivity contribution in [3.63, 3.8) is 0 Å². The molecule has 0 saturated heterocycles. The van der Waals surface area contributed by atoms with E-state index in [0.717, 1.165) is 10.8 Å². The first-order chi connectivity index (χ1) is 18.0. The average Bonchev–Trinajstić information content (AvgIpc) is 3.39. The van der Waals surface area contributed by atoms with Crippen LogP contribution in [0, 0.1) is 0 Å². The second kappa shape index (κ2) is 13.4. The molecule has 2 rings (SSSR count). The van der Waals surface area contributed by atoms with Crippen LogP contribution in [-0.2, 0) is 25.7 Å². The highest BCUT2D eigenvalue weighted by Gasteiger charge is 2.26. The van der Waals surface area contributed by atoms with Gasteiger partial charge in [0, 0.05) is 32.3 Å². The maximum atomic E-state index is 13.0. The molecule has 0 aromatic carbocycles. The standard InChI is InChI=1S/C24H28N6O8/c1-5-13(2)26-19(33)11-30-10-6-7-16(24(30)37)28-20(34)15(8-9-18(32)22(36)25-4)27-21(35)17-12-38-23(29-17)14(3)31/h6-7,10,12,15H,2,5,8-9,11H2,1,3-4H3,(H,25,36)(H,26,33)(H,27,35)(H,28,34). The number of carbonyl (C=O) groups excluding carboxylic acids is 6. The van der Waals surface area contributed by atoms with Crippen molar-refractivity contribution in [3.05, 3.63) is 58.8 Å². The largest absolute Gasteiger partial charge is 0.441 e. The van der Waals surface area contributed by atoms with Gasteiger partial charge in [0.05, 0.1) is 0 Å². The number of ketones is 2. The number of oxazole rings is 1. The number of amides is 4. The normalized spacial score (nSPS) is 11.1. The zero-order valence-corrected chi connectivity index (χ0v) is 21.1. The third-order valence-corrected chi connectivity index (χ3v) is 5.14. The molecule has 0 fully saturated rings. The summed E-state index contributed by atoms with van der Waals surface area (Å²) in [4.78, 5) is 89.3. The van der Waals surface area contributed by atoms with Crippen LogP contribution in [0.1, 0.15) is 54.3 Å². The van der Waals surface area contributed by atoms with Crippen LogP contribution in [0.2, 0.25) is 0 Å². The van der Waals surface area contributed by atoms with Gasteiger partial charge in [-0.15, -0.1) is 0 Å². The minimum absolute atomic E-state index is 0.197. The summed E-state index contributed by atoms with van der Waals surface area (Å²) in [6.07, 6.45) is 2.08. The van der Waals surface area contributed by atoms with Crippen LogP contribution < -0.4 is 26.8 Å². The Labute approximate surface area is 216 Å². The Morgan fingerprint density at radius 2 is 1.89 bits per heavy atom. The fourth-order valence-corrected chi connectivity index (χ4v) is 3.03. The summed E-state index contributed by atoms with van der Waals surface area (Å²) >= 11 is 0. The van der Waals surface area contributed by atoms with Crippen molar-refractivity contribution in [2.75, 3.05) is 12.4 Å². The molecule has 14 heteroatoms. The lowest BCUT2D eigenvalue weighted by atomic mass is 10.1. The zero-order chi connectivity index (χ0) is 28.4. The van der Waals surface area contributed by atoms with Crippen LogP contribution in [0.5, 0.6) is 0 Å². The summed E-state index contributed by atoms with van der Waals surface area (Å²) in [5, 5.41) is 9.45. The SMILES string of the molecule is C=C(CC)NC(=O)Cn1cccc(NC(=O)C(CCC(=O)C(=O)NC)NC(=O)c2coc(C(C)=O)n2)c1=O. The van der Waals surface area contributed by atoms with Gasteiger partial charge in [0.2, 0.25) is 23.4 Å². The Morgan fingerprint density at radius 1 is 1.18 bits per heavy atom. The molecule has 0 bridgehead atoms. The number of hydrogen-bond donors (Lipinski definition) is 4. The molecule has 1 atom stereocenters. The van der Waals surface area contributed by atoms with Gasteiger partial charge in [0.15, 0.2) is 5.69 Å². The van der Waals surface area contributed by atoms with Crippen LogP contribution in [0.25, 0.3) is 0 Å². The molecule has 0 aliphatic carbocycles. The number of anilines is 1. The first-order valence-corrected chi connectivity index (χ1v) is 11.5. The topological polar surface area (TPSA) is 199 Å². The Hall–Kier alpha value is -4.88. The number of allylic oxidation sites excluding steroid dienone is 1. The number of nitrogens with zero attached hydrogens (tertiary/aromatic N) is 2. The fourth-order valence-electron chi connectivity index (χ4n) is 3.03. The van der Waals surface area contributed by atoms with E-state index >= 15 is 0 Å². The van der Waals surface area contributed by atoms with Gasteiger partial charge in [-0.05, 0) is 25.0 Å². The van der Waals surface area contributed by atoms with Gasteiger partial charge in [-0.2, -0.15) is 0 Å². The van der Waals surface area contributed by atoms with E-state index < -0.39 is 53.2 Å². The molecule has 0 radical (unpaired) electrons. The number of hydrogen-bond acceptors (Lipinski definition) is 9. The summed E-state index contributed by atoms with van der Waals surface area (Å²) in [5.41, 5.74) is -0.726. The van der Waals surface area contributed by atoms with Crippen molar-refractivity contribution >= 4 is 40.9 Å². The molecule has 14 nitrogen and oxygen atoms in total. The number of likely N-dealkylation sites (N-methyl/N-ethyl adjacent to an activating group) is 1. The minimum atomic E-state index is -1.39. The molecule has 2 aromatic heterocycles. The molecule has 38 heavy (non-hydrogen) atoms. The van der Waals surface area contributed by atoms with Gasteiger partial charge in [-0.25, -0.2) is 4.98 Å². The van der Waals surface area contributed by atoms with Crippen LogP contribution >= 0.6 is 0 Å². The predicted molar refractivity (Wildman–Crippen MR) is 133 cm³/mol. The van der Waals surface area contributed by atoms with Gasteiger partial charge >= 0.3 is 0 Å². The third-order valence-electron chi connectivity index (χ3n) is 5.14. The number of carbonyl (C=O) groups is 6. The minimum Gasteiger partial charge on any atom is -0.441 e. The summed E-state index contributed by atoms with van der Waals surface area (Å²) in [7, 11) is 1.27. The number of nitrogens with one attached hydrogen (secondary N) is 4. The highest BCUT2D eigenvalue weighted by Crippen LogP contribution is 2.08. The van der Waals surface area contributed by atoms with E-state index in [9.17, 15) is 33.6 Å². The van der Waals surface area contributed by atoms with Crippen molar-refractivity contribution in [2.24, 2.45) is 0 Å². The van der Waals surface area contributed by atoms with Crippen molar-refractivity contribution in [1.82, 2.24) is 25.5 Å². The molecule has 0 saturated carbocycles. The smallest absolute Gasteiger partial charge is 0.287 e. The van der Waals surface area contributed by atoms with Crippen LogP contribution in [-0.4, -0.2) is 57.8 Å². The zero-order valence-electron chi connectivity index (χ0n) is 21.1. The van der Waals surface area contributed by atoms with E-state index in [1.54, 1.807) is 6.92 Å². The highest BCUT2D eigenvalue weighted by atomic mass is 16.3. The lowest BCUT2D eigenvalue weighted by Crippen LogP contribution is -2.45. The summed E-state index contributed by atoms with van der Waals surface area (Å²) in [5.74, 6) is -4.82. The second-order valence-electron chi connectivity index (χ2n) is 8.01. The average molecular weight is 529 g/mol. The molecule has 1 unspecified atom stereocenters. The van der Waals surface area contributed by atoms with Crippen LogP contribution in [0.3, 0.4) is 0 Å². The van der Waals surface area contributed by atoms with Gasteiger partial charge in [0.1, 0.15) is 24.5 Å². The summed E-state index contributed by atoms with van der Waals surface area (Å²) in [6, 6.07) is 1.34. The van der Waals surface area contributed by atoms with Crippen LogP contribution in [0.4, 0.5) is 5.69 Å². The maximum absolute atomic E-state index is 13.0. The molecule has 0 aliphatic heterocycles. The van der Waals surface area contributed by atoms with Crippen molar-refractivity contribution in [3.8, 4) is 0 Å². The molecule has 0 aliphatic rings. The van der Waals surface area contributed by atoms with Gasteiger partial charge in [-0.3, -0.25) is 33.6 Å². The molecule has 0 spiro atoms. The van der Waals surface area contributed by atoms with Gasteiger partial charge in [0.25, 0.3) is 23.3 Å². The predicted octanol–water partition coefficient (Wildman–Crippen LogP) is -0.0888. The van der Waals surface area contributed by atoms with Crippen molar-refractivity contribution < 1.29 is 33.2 Å². The Bertz CT molecular complexity index is 1330. The van der Waals surface area contributed by atoms with E-state index in [2.05, 4.69) is 32.8 Å². The second-order valence-corrected chi connectivity index (χ2v) is 8.01. The Balaban J connectivity index is 2.23. The molecule has 202 valence electrons. The fraction of sp³-hybridized carbons (Fsp3) is 0.333. The van der Waals surface area contributed by atoms with Crippen molar-refractivity contribution in [1.29, 1.82) is 0 Å². The number of rotatable bonds is 13. The summed E-state index contributed by atoms with van der Waals surface area (Å²) in [6.45, 7) is 6.31. The van der Waals surface area contributed by atoms with Gasteiger partial charge in [-0.1, -0.05) is 13.5 Å². The first-order valence-electron chi connectivity index (χ1n) is 11.5. The quantitative estimate of drug-likeness (QED) is 0.203. The maximum Gasteiger partial charge on any atom is 0.287 e. The van der Waals surface area contributed by atoms with E-state index in [1.807, 2.05) is 0 Å². The molecule has 4 N–H and O–H groups in total. The Kier molecular flexibility index (Phi) is 10.4. The number of Topliss-reactive ketones (excluding diaryl/α,β-unsaturated/α-hetero) is 2. The molecule has 2 aromatic rings. The van der Waals surface area contributed by atoms with E-state index in [4.69, 9.17) is 4.42 Å². The number of pyridine rings is 1. The number of aromatic nitrogens is 2. The first kappa shape index (κ1) is 29.4. The summed E-state index contributed by atoms with van der Waals surface area (Å²) < 4.78 is 5.97. The Morgan fingerprint density at radius 3 is 2.50 bits per heavy atom. The third kappa shape index (κ3) is 8.08. The van der Waals surface area contributed by atoms with E-state index in [0.29, 0.717) is 12.1 Å². The molecule has 2 heterocycles. The monoisotopic (exact) mass is 528 g/mol. The molecular formula is C24H28N6O8. The highest BCUT2D eigenvalue weighted by molar-refractivity contribution is 6.36. The molecule has 4 amide bonds.